The number of nitrogens with zero attached hydrogens (tertiary/aromatic N) is 4. The van der Waals surface area contributed by atoms with E-state index in [-0.39, 0.29) is 6.10 Å². The average Bonchev–Trinajstić information content (AvgIpc) is 2.93. The molecule has 0 bridgehead atoms. The number of hydrogen-bond acceptors (Lipinski definition) is 6. The SMILES string of the molecule is Cc1cc(Nc2ncnc3c2c(Br)nn3C)ccc1OC1CCOCC1. The Bertz CT molecular complexity index is 937. The van der Waals surface area contributed by atoms with Gasteiger partial charge in [0, 0.05) is 25.6 Å². The maximum atomic E-state index is 6.13. The summed E-state index contributed by atoms with van der Waals surface area (Å²) in [5.41, 5.74) is 2.79. The number of rotatable bonds is 4. The lowest BCUT2D eigenvalue weighted by atomic mass is 10.1. The molecule has 1 fully saturated rings. The van der Waals surface area contributed by atoms with Crippen molar-refractivity contribution in [2.45, 2.75) is 25.9 Å². The summed E-state index contributed by atoms with van der Waals surface area (Å²) in [6.45, 7) is 3.59. The highest BCUT2D eigenvalue weighted by Crippen LogP contribution is 2.31. The third-order valence-corrected chi connectivity index (χ3v) is 5.03. The molecule has 3 aromatic rings. The predicted octanol–water partition coefficient (Wildman–Crippen LogP) is 3.74. The van der Waals surface area contributed by atoms with Crippen LogP contribution in [-0.4, -0.2) is 39.1 Å². The van der Waals surface area contributed by atoms with Crippen LogP contribution >= 0.6 is 15.9 Å². The number of fused-ring (bicyclic) bond motifs is 1. The van der Waals surface area contributed by atoms with Gasteiger partial charge in [0.1, 0.15) is 28.6 Å². The quantitative estimate of drug-likeness (QED) is 0.696. The summed E-state index contributed by atoms with van der Waals surface area (Å²) in [6.07, 6.45) is 3.64. The summed E-state index contributed by atoms with van der Waals surface area (Å²) in [4.78, 5) is 8.66. The molecule has 0 saturated carbocycles. The first kappa shape index (κ1) is 17.2. The number of nitrogens with one attached hydrogen (secondary N) is 1. The van der Waals surface area contributed by atoms with E-state index in [2.05, 4.69) is 49.3 Å². The van der Waals surface area contributed by atoms with Gasteiger partial charge in [0.15, 0.2) is 5.65 Å². The van der Waals surface area contributed by atoms with E-state index in [1.165, 1.54) is 6.33 Å². The molecule has 3 heterocycles. The van der Waals surface area contributed by atoms with Crippen LogP contribution in [0.1, 0.15) is 18.4 Å². The second-order valence-corrected chi connectivity index (χ2v) is 7.12. The number of hydrogen-bond donors (Lipinski definition) is 1. The normalized spacial score (nSPS) is 15.3. The fourth-order valence-electron chi connectivity index (χ4n) is 3.10. The van der Waals surface area contributed by atoms with Crippen molar-refractivity contribution in [2.24, 2.45) is 7.05 Å². The first-order valence-corrected chi connectivity index (χ1v) is 9.36. The van der Waals surface area contributed by atoms with Crippen LogP contribution in [0.5, 0.6) is 5.75 Å². The lowest BCUT2D eigenvalue weighted by molar-refractivity contribution is 0.0253. The van der Waals surface area contributed by atoms with Crippen molar-refractivity contribution < 1.29 is 9.47 Å². The van der Waals surface area contributed by atoms with E-state index in [4.69, 9.17) is 9.47 Å². The van der Waals surface area contributed by atoms with Crippen LogP contribution in [0.3, 0.4) is 0 Å². The summed E-state index contributed by atoms with van der Waals surface area (Å²) in [5, 5.41) is 8.57. The van der Waals surface area contributed by atoms with E-state index in [0.717, 1.165) is 54.1 Å². The van der Waals surface area contributed by atoms with Gasteiger partial charge in [-0.2, -0.15) is 5.10 Å². The van der Waals surface area contributed by atoms with E-state index in [0.29, 0.717) is 10.4 Å². The second-order valence-electron chi connectivity index (χ2n) is 6.37. The molecule has 0 amide bonds. The van der Waals surface area contributed by atoms with Gasteiger partial charge in [-0.1, -0.05) is 0 Å². The van der Waals surface area contributed by atoms with Crippen LogP contribution < -0.4 is 10.1 Å². The third-order valence-electron chi connectivity index (χ3n) is 4.48. The van der Waals surface area contributed by atoms with Gasteiger partial charge >= 0.3 is 0 Å². The Balaban J connectivity index is 1.57. The van der Waals surface area contributed by atoms with Crippen molar-refractivity contribution in [1.82, 2.24) is 19.7 Å². The second kappa shape index (κ2) is 7.20. The summed E-state index contributed by atoms with van der Waals surface area (Å²) in [7, 11) is 1.86. The first-order chi connectivity index (χ1) is 12.6. The molecule has 1 aliphatic heterocycles. The van der Waals surface area contributed by atoms with Crippen LogP contribution in [0.2, 0.25) is 0 Å². The van der Waals surface area contributed by atoms with Gasteiger partial charge in [-0.15, -0.1) is 0 Å². The Hall–Kier alpha value is -2.19. The minimum atomic E-state index is 0.231. The molecule has 1 aromatic carbocycles. The molecule has 136 valence electrons. The molecule has 1 N–H and O–H groups in total. The van der Waals surface area contributed by atoms with Crippen molar-refractivity contribution in [3.63, 3.8) is 0 Å². The fraction of sp³-hybridized carbons (Fsp3) is 0.389. The Morgan fingerprint density at radius 3 is 2.85 bits per heavy atom. The maximum Gasteiger partial charge on any atom is 0.164 e. The minimum absolute atomic E-state index is 0.231. The largest absolute Gasteiger partial charge is 0.490 e. The Kier molecular flexibility index (Phi) is 4.78. The number of aromatic nitrogens is 4. The summed E-state index contributed by atoms with van der Waals surface area (Å²) >= 11 is 3.48. The summed E-state index contributed by atoms with van der Waals surface area (Å²) < 4.78 is 14.0. The number of anilines is 2. The zero-order valence-corrected chi connectivity index (χ0v) is 16.3. The molecule has 7 nitrogen and oxygen atoms in total. The van der Waals surface area contributed by atoms with E-state index in [1.807, 2.05) is 19.2 Å². The number of benzene rings is 1. The molecule has 26 heavy (non-hydrogen) atoms. The maximum absolute atomic E-state index is 6.13. The summed E-state index contributed by atoms with van der Waals surface area (Å²) in [5.74, 6) is 1.63. The molecule has 1 aliphatic rings. The van der Waals surface area contributed by atoms with Crippen LogP contribution in [0.4, 0.5) is 11.5 Å². The van der Waals surface area contributed by atoms with E-state index in [1.54, 1.807) is 4.68 Å². The lowest BCUT2D eigenvalue weighted by Crippen LogP contribution is -2.26. The van der Waals surface area contributed by atoms with Crippen molar-refractivity contribution >= 4 is 38.5 Å². The molecule has 1 saturated heterocycles. The lowest BCUT2D eigenvalue weighted by Gasteiger charge is -2.24. The predicted molar refractivity (Wildman–Crippen MR) is 103 cm³/mol. The third kappa shape index (κ3) is 3.39. The minimum Gasteiger partial charge on any atom is -0.490 e. The highest BCUT2D eigenvalue weighted by Gasteiger charge is 2.17. The van der Waals surface area contributed by atoms with Crippen molar-refractivity contribution in [3.8, 4) is 5.75 Å². The molecule has 0 radical (unpaired) electrons. The molecule has 4 rings (SSSR count). The topological polar surface area (TPSA) is 74.1 Å². The monoisotopic (exact) mass is 417 g/mol. The van der Waals surface area contributed by atoms with E-state index < -0.39 is 0 Å². The zero-order valence-electron chi connectivity index (χ0n) is 14.7. The standard InChI is InChI=1S/C18H20BrN5O2/c1-11-9-12(3-4-14(11)26-13-5-7-25-8-6-13)22-17-15-16(19)23-24(2)18(15)21-10-20-17/h3-4,9-10,13H,5-8H2,1-2H3,(H,20,21,22). The molecule has 8 heteroatoms. The number of halogens is 1. The number of ether oxygens (including phenoxy) is 2. The molecule has 0 unspecified atom stereocenters. The van der Waals surface area contributed by atoms with Crippen molar-refractivity contribution in [1.29, 1.82) is 0 Å². The zero-order chi connectivity index (χ0) is 18.1. The van der Waals surface area contributed by atoms with Crippen LogP contribution in [0.15, 0.2) is 29.1 Å². The molecular weight excluding hydrogens is 398 g/mol. The number of aryl methyl sites for hydroxylation is 2. The van der Waals surface area contributed by atoms with Gasteiger partial charge in [0.2, 0.25) is 0 Å². The smallest absolute Gasteiger partial charge is 0.164 e. The van der Waals surface area contributed by atoms with Crippen molar-refractivity contribution in [3.05, 3.63) is 34.7 Å². The van der Waals surface area contributed by atoms with Gasteiger partial charge in [-0.3, -0.25) is 0 Å². The van der Waals surface area contributed by atoms with Gasteiger partial charge in [-0.05, 0) is 46.6 Å². The molecule has 2 aromatic heterocycles. The van der Waals surface area contributed by atoms with E-state index >= 15 is 0 Å². The average molecular weight is 418 g/mol. The molecule has 0 spiro atoms. The molecule has 0 atom stereocenters. The van der Waals surface area contributed by atoms with Gasteiger partial charge in [0.05, 0.1) is 18.6 Å². The summed E-state index contributed by atoms with van der Waals surface area (Å²) in [6, 6.07) is 6.07. The van der Waals surface area contributed by atoms with Crippen LogP contribution in [-0.2, 0) is 11.8 Å². The molecule has 0 aliphatic carbocycles. The fourth-order valence-corrected chi connectivity index (χ4v) is 3.71. The first-order valence-electron chi connectivity index (χ1n) is 8.57. The Labute approximate surface area is 159 Å². The Morgan fingerprint density at radius 2 is 2.08 bits per heavy atom. The van der Waals surface area contributed by atoms with Crippen LogP contribution in [0.25, 0.3) is 11.0 Å². The van der Waals surface area contributed by atoms with Crippen LogP contribution in [0, 0.1) is 6.92 Å². The molecular formula is C18H20BrN5O2. The van der Waals surface area contributed by atoms with Gasteiger partial charge in [0.25, 0.3) is 0 Å². The highest BCUT2D eigenvalue weighted by atomic mass is 79.9. The van der Waals surface area contributed by atoms with E-state index in [9.17, 15) is 0 Å². The highest BCUT2D eigenvalue weighted by molar-refractivity contribution is 9.10. The van der Waals surface area contributed by atoms with Crippen molar-refractivity contribution in [2.75, 3.05) is 18.5 Å². The Morgan fingerprint density at radius 1 is 1.27 bits per heavy atom. The van der Waals surface area contributed by atoms with Gasteiger partial charge in [-0.25, -0.2) is 14.6 Å². The van der Waals surface area contributed by atoms with Gasteiger partial charge < -0.3 is 14.8 Å².